The monoisotopic (exact) mass is 221 g/mol. The highest BCUT2D eigenvalue weighted by molar-refractivity contribution is 4.98. The summed E-state index contributed by atoms with van der Waals surface area (Å²) in [5.41, 5.74) is 0.578. The summed E-state index contributed by atoms with van der Waals surface area (Å²) in [7, 11) is 0. The van der Waals surface area contributed by atoms with Gasteiger partial charge in [0.05, 0.1) is 12.3 Å². The fraction of sp³-hybridized carbons (Fsp3) is 0.500. The number of aryl methyl sites for hydroxylation is 1. The van der Waals surface area contributed by atoms with Crippen molar-refractivity contribution in [1.29, 1.82) is 0 Å². The first-order chi connectivity index (χ1) is 7.70. The van der Waals surface area contributed by atoms with Crippen molar-refractivity contribution in [3.8, 4) is 0 Å². The van der Waals surface area contributed by atoms with E-state index in [9.17, 15) is 5.11 Å². The van der Waals surface area contributed by atoms with Crippen LogP contribution in [0.5, 0.6) is 0 Å². The van der Waals surface area contributed by atoms with Crippen LogP contribution in [0, 0.1) is 0 Å². The Labute approximate surface area is 93.5 Å². The highest BCUT2D eigenvalue weighted by atomic mass is 16.3. The highest BCUT2D eigenvalue weighted by Gasteiger charge is 2.08. The van der Waals surface area contributed by atoms with Gasteiger partial charge in [0.15, 0.2) is 0 Å². The maximum absolute atomic E-state index is 9.33. The number of aliphatic hydroxyl groups excluding tert-OH is 1. The molecule has 0 fully saturated rings. The molecule has 2 aromatic heterocycles. The molecule has 0 amide bonds. The lowest BCUT2D eigenvalue weighted by Gasteiger charge is -2.03. The summed E-state index contributed by atoms with van der Waals surface area (Å²) in [5, 5.41) is 17.1. The first kappa shape index (κ1) is 10.8. The van der Waals surface area contributed by atoms with Crippen LogP contribution < -0.4 is 0 Å². The molecule has 0 aliphatic heterocycles. The second-order valence-corrected chi connectivity index (χ2v) is 3.65. The molecule has 2 rings (SSSR count). The zero-order valence-corrected chi connectivity index (χ0v) is 9.41. The zero-order chi connectivity index (χ0) is 11.5. The molecule has 16 heavy (non-hydrogen) atoms. The Bertz CT molecular complexity index is 459. The van der Waals surface area contributed by atoms with Gasteiger partial charge in [0.25, 0.3) is 0 Å². The number of aromatic nitrogens is 5. The maximum atomic E-state index is 9.33. The number of hydrogen-bond donors (Lipinski definition) is 1. The van der Waals surface area contributed by atoms with E-state index in [0.29, 0.717) is 12.2 Å². The number of rotatable bonds is 4. The average Bonchev–Trinajstić information content (AvgIpc) is 2.87. The Kier molecular flexibility index (Phi) is 3.00. The SMILES string of the molecule is CCn1ccnc1Cn1cc(C(C)O)nn1. The quantitative estimate of drug-likeness (QED) is 0.820. The van der Waals surface area contributed by atoms with E-state index in [2.05, 4.69) is 22.2 Å². The van der Waals surface area contributed by atoms with Crippen LogP contribution in [0.15, 0.2) is 18.6 Å². The van der Waals surface area contributed by atoms with Crippen molar-refractivity contribution in [3.63, 3.8) is 0 Å². The largest absolute Gasteiger partial charge is 0.387 e. The topological polar surface area (TPSA) is 68.8 Å². The van der Waals surface area contributed by atoms with Crippen molar-refractivity contribution < 1.29 is 5.11 Å². The van der Waals surface area contributed by atoms with Gasteiger partial charge in [0.1, 0.15) is 18.1 Å². The molecular formula is C10H15N5O. The first-order valence-corrected chi connectivity index (χ1v) is 5.28. The van der Waals surface area contributed by atoms with Crippen LogP contribution in [0.3, 0.4) is 0 Å². The summed E-state index contributed by atoms with van der Waals surface area (Å²) in [6.45, 7) is 5.18. The fourth-order valence-corrected chi connectivity index (χ4v) is 1.51. The van der Waals surface area contributed by atoms with Gasteiger partial charge in [-0.1, -0.05) is 5.21 Å². The highest BCUT2D eigenvalue weighted by Crippen LogP contribution is 2.07. The third-order valence-electron chi connectivity index (χ3n) is 2.43. The minimum Gasteiger partial charge on any atom is -0.387 e. The molecular weight excluding hydrogens is 206 g/mol. The lowest BCUT2D eigenvalue weighted by atomic mass is 10.3. The molecule has 0 saturated heterocycles. The van der Waals surface area contributed by atoms with Gasteiger partial charge < -0.3 is 9.67 Å². The number of nitrogens with zero attached hydrogens (tertiary/aromatic N) is 5. The Morgan fingerprint density at radius 2 is 2.31 bits per heavy atom. The molecule has 0 radical (unpaired) electrons. The first-order valence-electron chi connectivity index (χ1n) is 5.28. The fourth-order valence-electron chi connectivity index (χ4n) is 1.51. The van der Waals surface area contributed by atoms with E-state index in [4.69, 9.17) is 0 Å². The van der Waals surface area contributed by atoms with Crippen molar-refractivity contribution in [1.82, 2.24) is 24.5 Å². The Hall–Kier alpha value is -1.69. The molecule has 0 aromatic carbocycles. The van der Waals surface area contributed by atoms with Gasteiger partial charge in [-0.25, -0.2) is 9.67 Å². The van der Waals surface area contributed by atoms with E-state index < -0.39 is 6.10 Å². The van der Waals surface area contributed by atoms with Gasteiger partial charge in [0.2, 0.25) is 0 Å². The number of aliphatic hydroxyl groups is 1. The van der Waals surface area contributed by atoms with Gasteiger partial charge in [0, 0.05) is 18.9 Å². The predicted octanol–water partition coefficient (Wildman–Crippen LogP) is 0.596. The molecule has 1 N–H and O–H groups in total. The normalized spacial score (nSPS) is 12.9. The van der Waals surface area contributed by atoms with Crippen molar-refractivity contribution in [2.75, 3.05) is 0 Å². The van der Waals surface area contributed by atoms with Crippen molar-refractivity contribution >= 4 is 0 Å². The lowest BCUT2D eigenvalue weighted by Crippen LogP contribution is -2.08. The Balaban J connectivity index is 2.14. The lowest BCUT2D eigenvalue weighted by molar-refractivity contribution is 0.194. The maximum Gasteiger partial charge on any atom is 0.130 e. The van der Waals surface area contributed by atoms with Crippen LogP contribution in [0.4, 0.5) is 0 Å². The molecule has 1 atom stereocenters. The van der Waals surface area contributed by atoms with Crippen LogP contribution in [0.1, 0.15) is 31.5 Å². The van der Waals surface area contributed by atoms with Crippen molar-refractivity contribution in [3.05, 3.63) is 30.1 Å². The standard InChI is InChI=1S/C10H15N5O/c1-3-14-5-4-11-10(14)7-15-6-9(8(2)16)12-13-15/h4-6,8,16H,3,7H2,1-2H3. The molecule has 1 unspecified atom stereocenters. The summed E-state index contributed by atoms with van der Waals surface area (Å²) in [4.78, 5) is 4.25. The van der Waals surface area contributed by atoms with E-state index in [-0.39, 0.29) is 0 Å². The molecule has 6 heteroatoms. The van der Waals surface area contributed by atoms with Gasteiger partial charge in [-0.15, -0.1) is 5.10 Å². The number of imidazole rings is 1. The van der Waals surface area contributed by atoms with Crippen molar-refractivity contribution in [2.45, 2.75) is 33.0 Å². The molecule has 0 saturated carbocycles. The molecule has 2 aromatic rings. The van der Waals surface area contributed by atoms with Crippen molar-refractivity contribution in [2.24, 2.45) is 0 Å². The van der Waals surface area contributed by atoms with Gasteiger partial charge in [-0.3, -0.25) is 0 Å². The zero-order valence-electron chi connectivity index (χ0n) is 9.41. The average molecular weight is 221 g/mol. The summed E-state index contributed by atoms with van der Waals surface area (Å²) >= 11 is 0. The van der Waals surface area contributed by atoms with E-state index >= 15 is 0 Å². The minimum absolute atomic E-state index is 0.570. The third kappa shape index (κ3) is 2.11. The van der Waals surface area contributed by atoms with E-state index in [1.54, 1.807) is 24.0 Å². The summed E-state index contributed by atoms with van der Waals surface area (Å²) in [6.07, 6.45) is 4.85. The van der Waals surface area contributed by atoms with Gasteiger partial charge >= 0.3 is 0 Å². The molecule has 0 bridgehead atoms. The van der Waals surface area contributed by atoms with Crippen LogP contribution in [-0.2, 0) is 13.1 Å². The molecule has 0 spiro atoms. The molecule has 6 nitrogen and oxygen atoms in total. The van der Waals surface area contributed by atoms with Crippen LogP contribution in [0.25, 0.3) is 0 Å². The second-order valence-electron chi connectivity index (χ2n) is 3.65. The minimum atomic E-state index is -0.584. The molecule has 0 aliphatic rings. The van der Waals surface area contributed by atoms with Gasteiger partial charge in [-0.2, -0.15) is 0 Å². The summed E-state index contributed by atoms with van der Waals surface area (Å²) in [5.74, 6) is 0.935. The third-order valence-corrected chi connectivity index (χ3v) is 2.43. The molecule has 86 valence electrons. The summed E-state index contributed by atoms with van der Waals surface area (Å²) in [6, 6.07) is 0. The van der Waals surface area contributed by atoms with E-state index in [1.165, 1.54) is 0 Å². The number of hydrogen-bond acceptors (Lipinski definition) is 4. The predicted molar refractivity (Wildman–Crippen MR) is 57.7 cm³/mol. The van der Waals surface area contributed by atoms with Crippen LogP contribution >= 0.6 is 0 Å². The Morgan fingerprint density at radius 3 is 2.94 bits per heavy atom. The molecule has 2 heterocycles. The second kappa shape index (κ2) is 4.44. The smallest absolute Gasteiger partial charge is 0.130 e. The summed E-state index contributed by atoms with van der Waals surface area (Å²) < 4.78 is 3.72. The van der Waals surface area contributed by atoms with E-state index in [0.717, 1.165) is 12.4 Å². The van der Waals surface area contributed by atoms with Crippen LogP contribution in [0.2, 0.25) is 0 Å². The Morgan fingerprint density at radius 1 is 1.50 bits per heavy atom. The molecule has 0 aliphatic carbocycles. The van der Waals surface area contributed by atoms with Crippen LogP contribution in [-0.4, -0.2) is 29.7 Å². The van der Waals surface area contributed by atoms with E-state index in [1.807, 2.05) is 10.8 Å². The van der Waals surface area contributed by atoms with Gasteiger partial charge in [-0.05, 0) is 13.8 Å².